The lowest BCUT2D eigenvalue weighted by molar-refractivity contribution is -0.144. The largest absolute Gasteiger partial charge is 0.467 e. The molecule has 0 bridgehead atoms. The fourth-order valence-corrected chi connectivity index (χ4v) is 2.45. The Balaban J connectivity index is 1.82. The Bertz CT molecular complexity index is 836. The van der Waals surface area contributed by atoms with Crippen molar-refractivity contribution in [3.05, 3.63) is 54.0 Å². The quantitative estimate of drug-likeness (QED) is 0.458. The maximum atomic E-state index is 12.2. The van der Waals surface area contributed by atoms with Crippen molar-refractivity contribution in [2.45, 2.75) is 26.3 Å². The first-order valence-corrected chi connectivity index (χ1v) is 9.06. The highest BCUT2D eigenvalue weighted by molar-refractivity contribution is 7.80. The van der Waals surface area contributed by atoms with Gasteiger partial charge >= 0.3 is 5.97 Å². The van der Waals surface area contributed by atoms with Gasteiger partial charge in [0.05, 0.1) is 25.8 Å². The Kier molecular flexibility index (Phi) is 8.16. The van der Waals surface area contributed by atoms with Crippen molar-refractivity contribution in [3.63, 3.8) is 0 Å². The van der Waals surface area contributed by atoms with Gasteiger partial charge in [-0.15, -0.1) is 0 Å². The van der Waals surface area contributed by atoms with E-state index in [-0.39, 0.29) is 37.0 Å². The molecule has 0 saturated heterocycles. The minimum atomic E-state index is -0.440. The van der Waals surface area contributed by atoms with Gasteiger partial charge < -0.3 is 25.1 Å². The van der Waals surface area contributed by atoms with Crippen molar-refractivity contribution in [2.24, 2.45) is 0 Å². The van der Waals surface area contributed by atoms with E-state index in [9.17, 15) is 14.4 Å². The fraction of sp³-hybridized carbons (Fsp3) is 0.263. The smallest absolute Gasteiger partial charge is 0.306 e. The van der Waals surface area contributed by atoms with Crippen LogP contribution in [0.3, 0.4) is 0 Å². The van der Waals surface area contributed by atoms with Crippen molar-refractivity contribution in [1.82, 2.24) is 10.6 Å². The average molecular weight is 403 g/mol. The van der Waals surface area contributed by atoms with Gasteiger partial charge in [0, 0.05) is 17.7 Å². The molecular weight excluding hydrogens is 382 g/mol. The SMILES string of the molecule is CCOC(=O)CCC(=O)NC(=S)Nc1cccc(C(=O)NCc2ccco2)c1. The molecule has 0 fully saturated rings. The van der Waals surface area contributed by atoms with E-state index in [4.69, 9.17) is 21.4 Å². The zero-order valence-corrected chi connectivity index (χ0v) is 16.1. The number of carbonyl (C=O) groups is 3. The third-order valence-corrected chi connectivity index (χ3v) is 3.70. The molecule has 1 aromatic heterocycles. The number of hydrogen-bond donors (Lipinski definition) is 3. The molecule has 0 spiro atoms. The van der Waals surface area contributed by atoms with Gasteiger partial charge in [0.1, 0.15) is 5.76 Å². The third-order valence-electron chi connectivity index (χ3n) is 3.50. The summed E-state index contributed by atoms with van der Waals surface area (Å²) in [6.07, 6.45) is 1.48. The van der Waals surface area contributed by atoms with E-state index in [2.05, 4.69) is 16.0 Å². The highest BCUT2D eigenvalue weighted by atomic mass is 32.1. The summed E-state index contributed by atoms with van der Waals surface area (Å²) in [5.74, 6) is -0.471. The maximum Gasteiger partial charge on any atom is 0.306 e. The van der Waals surface area contributed by atoms with Crippen molar-refractivity contribution in [1.29, 1.82) is 0 Å². The van der Waals surface area contributed by atoms with Crippen LogP contribution in [0.5, 0.6) is 0 Å². The number of benzene rings is 1. The molecule has 2 aromatic rings. The van der Waals surface area contributed by atoms with Crippen LogP contribution in [-0.2, 0) is 20.9 Å². The van der Waals surface area contributed by atoms with E-state index in [1.165, 1.54) is 6.26 Å². The summed E-state index contributed by atoms with van der Waals surface area (Å²) in [7, 11) is 0. The standard InChI is InChI=1S/C19H21N3O5S/c1-2-26-17(24)9-8-16(23)22-19(28)21-14-6-3-5-13(11-14)18(25)20-12-15-7-4-10-27-15/h3-7,10-11H,2,8-9,12H2,1H3,(H,20,25)(H2,21,22,23,28). The zero-order valence-electron chi connectivity index (χ0n) is 15.3. The molecular formula is C19H21N3O5S. The van der Waals surface area contributed by atoms with E-state index < -0.39 is 11.9 Å². The lowest BCUT2D eigenvalue weighted by Gasteiger charge is -2.11. The molecule has 0 radical (unpaired) electrons. The second-order valence-electron chi connectivity index (χ2n) is 5.65. The van der Waals surface area contributed by atoms with Crippen LogP contribution in [0, 0.1) is 0 Å². The molecule has 148 valence electrons. The molecule has 8 nitrogen and oxygen atoms in total. The molecule has 0 aliphatic carbocycles. The van der Waals surface area contributed by atoms with E-state index in [1.807, 2.05) is 0 Å². The number of nitrogens with one attached hydrogen (secondary N) is 3. The van der Waals surface area contributed by atoms with Crippen LogP contribution < -0.4 is 16.0 Å². The van der Waals surface area contributed by atoms with Gasteiger partial charge in [0.15, 0.2) is 5.11 Å². The summed E-state index contributed by atoms with van der Waals surface area (Å²) in [4.78, 5) is 35.3. The normalized spacial score (nSPS) is 10.0. The van der Waals surface area contributed by atoms with Crippen molar-refractivity contribution < 1.29 is 23.5 Å². The topological polar surface area (TPSA) is 110 Å². The molecule has 0 unspecified atom stereocenters. The van der Waals surface area contributed by atoms with Gasteiger partial charge in [-0.3, -0.25) is 14.4 Å². The number of thiocarbonyl (C=S) groups is 1. The first kappa shape index (κ1) is 21.1. The third kappa shape index (κ3) is 7.20. The predicted molar refractivity (Wildman–Crippen MR) is 107 cm³/mol. The minimum absolute atomic E-state index is 0.0202. The van der Waals surface area contributed by atoms with Crippen LogP contribution in [0.15, 0.2) is 47.1 Å². The minimum Gasteiger partial charge on any atom is -0.467 e. The summed E-state index contributed by atoms with van der Waals surface area (Å²) in [6.45, 7) is 2.24. The number of anilines is 1. The van der Waals surface area contributed by atoms with Gasteiger partial charge in [-0.1, -0.05) is 6.07 Å². The lowest BCUT2D eigenvalue weighted by Crippen LogP contribution is -2.34. The van der Waals surface area contributed by atoms with Crippen LogP contribution in [0.2, 0.25) is 0 Å². The van der Waals surface area contributed by atoms with Crippen molar-refractivity contribution >= 4 is 40.8 Å². The van der Waals surface area contributed by atoms with Crippen LogP contribution >= 0.6 is 12.2 Å². The molecule has 28 heavy (non-hydrogen) atoms. The fourth-order valence-electron chi connectivity index (χ4n) is 2.22. The highest BCUT2D eigenvalue weighted by Crippen LogP contribution is 2.11. The van der Waals surface area contributed by atoms with E-state index >= 15 is 0 Å². The second-order valence-corrected chi connectivity index (χ2v) is 6.06. The van der Waals surface area contributed by atoms with Crippen LogP contribution in [0.4, 0.5) is 5.69 Å². The Morgan fingerprint density at radius 2 is 1.96 bits per heavy atom. The molecule has 0 atom stereocenters. The number of esters is 1. The predicted octanol–water partition coefficient (Wildman–Crippen LogP) is 2.37. The van der Waals surface area contributed by atoms with Gasteiger partial charge in [-0.2, -0.15) is 0 Å². The van der Waals surface area contributed by atoms with Crippen molar-refractivity contribution in [3.8, 4) is 0 Å². The molecule has 2 rings (SSSR count). The van der Waals surface area contributed by atoms with Crippen LogP contribution in [0.25, 0.3) is 0 Å². The van der Waals surface area contributed by atoms with Gasteiger partial charge in [-0.25, -0.2) is 0 Å². The van der Waals surface area contributed by atoms with Gasteiger partial charge in [-0.05, 0) is 49.5 Å². The van der Waals surface area contributed by atoms with Gasteiger partial charge in [0.25, 0.3) is 5.91 Å². The van der Waals surface area contributed by atoms with E-state index in [0.29, 0.717) is 17.0 Å². The number of amides is 2. The molecule has 1 heterocycles. The zero-order chi connectivity index (χ0) is 20.4. The number of furan rings is 1. The Hall–Kier alpha value is -3.20. The molecule has 1 aromatic carbocycles. The maximum absolute atomic E-state index is 12.2. The van der Waals surface area contributed by atoms with Crippen molar-refractivity contribution in [2.75, 3.05) is 11.9 Å². The molecule has 9 heteroatoms. The second kappa shape index (κ2) is 10.8. The molecule has 2 amide bonds. The average Bonchev–Trinajstić information content (AvgIpc) is 3.18. The number of ether oxygens (including phenoxy) is 1. The number of rotatable bonds is 8. The Labute approximate surface area is 167 Å². The molecule has 3 N–H and O–H groups in total. The summed E-state index contributed by atoms with van der Waals surface area (Å²) in [6, 6.07) is 10.2. The summed E-state index contributed by atoms with van der Waals surface area (Å²) >= 11 is 5.09. The van der Waals surface area contributed by atoms with Gasteiger partial charge in [0.2, 0.25) is 5.91 Å². The van der Waals surface area contributed by atoms with Crippen LogP contribution in [0.1, 0.15) is 35.9 Å². The Morgan fingerprint density at radius 1 is 1.14 bits per heavy atom. The van der Waals surface area contributed by atoms with E-state index in [1.54, 1.807) is 43.3 Å². The molecule has 0 aliphatic heterocycles. The summed E-state index contributed by atoms with van der Waals surface area (Å²) in [5.41, 5.74) is 0.967. The highest BCUT2D eigenvalue weighted by Gasteiger charge is 2.11. The first-order valence-electron chi connectivity index (χ1n) is 8.65. The van der Waals surface area contributed by atoms with Crippen LogP contribution in [-0.4, -0.2) is 29.5 Å². The lowest BCUT2D eigenvalue weighted by atomic mass is 10.2. The Morgan fingerprint density at radius 3 is 2.68 bits per heavy atom. The molecule has 0 saturated carbocycles. The summed E-state index contributed by atoms with van der Waals surface area (Å²) in [5, 5.41) is 8.13. The first-order chi connectivity index (χ1) is 13.5. The number of carbonyl (C=O) groups excluding carboxylic acids is 3. The molecule has 0 aliphatic rings. The summed E-state index contributed by atoms with van der Waals surface area (Å²) < 4.78 is 9.93. The van der Waals surface area contributed by atoms with E-state index in [0.717, 1.165) is 0 Å². The monoisotopic (exact) mass is 403 g/mol. The number of hydrogen-bond acceptors (Lipinski definition) is 6.